The van der Waals surface area contributed by atoms with Crippen molar-refractivity contribution < 1.29 is 9.34 Å². The summed E-state index contributed by atoms with van der Waals surface area (Å²) in [5, 5.41) is 15.2. The molecule has 0 amide bonds. The van der Waals surface area contributed by atoms with Crippen LogP contribution in [-0.4, -0.2) is 52.0 Å². The molecule has 0 aliphatic carbocycles. The molecule has 1 aromatic carbocycles. The predicted octanol–water partition coefficient (Wildman–Crippen LogP) is 3.78. The highest BCUT2D eigenvalue weighted by atomic mass is 32.1. The first-order valence-electron chi connectivity index (χ1n) is 9.91. The van der Waals surface area contributed by atoms with Gasteiger partial charge in [-0.25, -0.2) is 0 Å². The molecule has 2 atom stereocenters. The molecule has 160 valence electrons. The molecule has 1 N–H and O–H groups in total. The first-order chi connectivity index (χ1) is 14.9. The largest absolute Gasteiger partial charge is 0.459 e. The molecule has 1 fully saturated rings. The molecule has 0 spiro atoms. The van der Waals surface area contributed by atoms with Gasteiger partial charge in [0.15, 0.2) is 5.11 Å². The molecule has 8 nitrogen and oxygen atoms in total. The highest BCUT2D eigenvalue weighted by Gasteiger charge is 2.41. The van der Waals surface area contributed by atoms with Crippen molar-refractivity contribution in [2.75, 3.05) is 27.2 Å². The number of non-ortho nitro benzene ring substituents is 1. The van der Waals surface area contributed by atoms with Gasteiger partial charge in [-0.05, 0) is 50.6 Å². The third kappa shape index (κ3) is 4.42. The molecule has 3 heterocycles. The van der Waals surface area contributed by atoms with Crippen LogP contribution in [-0.2, 0) is 0 Å². The zero-order valence-electron chi connectivity index (χ0n) is 17.3. The fourth-order valence-corrected chi connectivity index (χ4v) is 4.03. The van der Waals surface area contributed by atoms with E-state index in [1.54, 1.807) is 18.3 Å². The highest BCUT2D eigenvalue weighted by Crippen LogP contribution is 2.40. The number of thiocarbonyl (C=S) groups is 1. The number of nitro benzene ring substituents is 1. The summed E-state index contributed by atoms with van der Waals surface area (Å²) in [7, 11) is 4.04. The summed E-state index contributed by atoms with van der Waals surface area (Å²) in [4.78, 5) is 19.5. The summed E-state index contributed by atoms with van der Waals surface area (Å²) in [5.74, 6) is 1.30. The monoisotopic (exact) mass is 437 g/mol. The zero-order valence-corrected chi connectivity index (χ0v) is 18.1. The zero-order chi connectivity index (χ0) is 22.0. The SMILES string of the molecule is CN(C)CCN1C(=S)NC(c2ccccn2)C1c1ccc(-c2cccc([N+](=O)[O-])c2)o1. The lowest BCUT2D eigenvalue weighted by atomic mass is 10.0. The van der Waals surface area contributed by atoms with E-state index < -0.39 is 4.92 Å². The van der Waals surface area contributed by atoms with Crippen LogP contribution >= 0.6 is 12.2 Å². The van der Waals surface area contributed by atoms with Crippen molar-refractivity contribution in [1.82, 2.24) is 20.1 Å². The van der Waals surface area contributed by atoms with Gasteiger partial charge in [0.2, 0.25) is 0 Å². The number of pyridine rings is 1. The maximum absolute atomic E-state index is 11.1. The Morgan fingerprint density at radius 3 is 2.77 bits per heavy atom. The van der Waals surface area contributed by atoms with Gasteiger partial charge in [0.1, 0.15) is 17.6 Å². The maximum Gasteiger partial charge on any atom is 0.270 e. The molecular weight excluding hydrogens is 414 g/mol. The van der Waals surface area contributed by atoms with Crippen LogP contribution in [0.15, 0.2) is 65.2 Å². The fourth-order valence-electron chi connectivity index (χ4n) is 3.70. The Morgan fingerprint density at radius 2 is 2.06 bits per heavy atom. The molecule has 1 aliphatic rings. The number of nitro groups is 1. The highest BCUT2D eigenvalue weighted by molar-refractivity contribution is 7.80. The Kier molecular flexibility index (Phi) is 5.97. The van der Waals surface area contributed by atoms with Crippen molar-refractivity contribution in [3.8, 4) is 11.3 Å². The lowest BCUT2D eigenvalue weighted by Crippen LogP contribution is -2.35. The van der Waals surface area contributed by atoms with Gasteiger partial charge in [0.05, 0.1) is 16.7 Å². The molecule has 1 saturated heterocycles. The molecule has 9 heteroatoms. The molecule has 1 aliphatic heterocycles. The number of aromatic nitrogens is 1. The predicted molar refractivity (Wildman–Crippen MR) is 122 cm³/mol. The number of hydrogen-bond acceptors (Lipinski definition) is 6. The summed E-state index contributed by atoms with van der Waals surface area (Å²) in [6.07, 6.45) is 1.76. The van der Waals surface area contributed by atoms with Gasteiger partial charge in [-0.3, -0.25) is 15.1 Å². The first kappa shape index (κ1) is 21.0. The number of likely N-dealkylation sites (N-methyl/N-ethyl adjacent to an activating group) is 1. The van der Waals surface area contributed by atoms with E-state index in [9.17, 15) is 10.1 Å². The third-order valence-corrected chi connectivity index (χ3v) is 5.60. The van der Waals surface area contributed by atoms with Gasteiger partial charge < -0.3 is 19.5 Å². The van der Waals surface area contributed by atoms with E-state index in [1.807, 2.05) is 44.4 Å². The summed E-state index contributed by atoms with van der Waals surface area (Å²) in [5.41, 5.74) is 1.55. The van der Waals surface area contributed by atoms with Crippen LogP contribution in [0.5, 0.6) is 0 Å². The molecule has 2 unspecified atom stereocenters. The smallest absolute Gasteiger partial charge is 0.270 e. The van der Waals surface area contributed by atoms with Gasteiger partial charge in [0.25, 0.3) is 5.69 Å². The molecule has 2 aromatic heterocycles. The topological polar surface area (TPSA) is 87.7 Å². The van der Waals surface area contributed by atoms with Crippen molar-refractivity contribution in [1.29, 1.82) is 0 Å². The van der Waals surface area contributed by atoms with E-state index in [2.05, 4.69) is 20.1 Å². The van der Waals surface area contributed by atoms with E-state index in [0.29, 0.717) is 16.4 Å². The molecule has 4 rings (SSSR count). The van der Waals surface area contributed by atoms with Crippen molar-refractivity contribution in [2.45, 2.75) is 12.1 Å². The Bertz CT molecular complexity index is 1090. The minimum Gasteiger partial charge on any atom is -0.459 e. The average Bonchev–Trinajstić information content (AvgIpc) is 3.37. The second kappa shape index (κ2) is 8.83. The Balaban J connectivity index is 1.70. The van der Waals surface area contributed by atoms with Crippen molar-refractivity contribution in [3.05, 3.63) is 82.4 Å². The Morgan fingerprint density at radius 1 is 1.23 bits per heavy atom. The number of hydrogen-bond donors (Lipinski definition) is 1. The number of benzene rings is 1. The van der Waals surface area contributed by atoms with Crippen molar-refractivity contribution >= 4 is 23.0 Å². The van der Waals surface area contributed by atoms with Crippen LogP contribution in [0.1, 0.15) is 23.5 Å². The summed E-state index contributed by atoms with van der Waals surface area (Å²) in [6, 6.07) is 15.6. The fraction of sp³-hybridized carbons (Fsp3) is 0.273. The normalized spacial score (nSPS) is 18.4. The Hall–Kier alpha value is -3.30. The number of rotatable bonds is 7. The summed E-state index contributed by atoms with van der Waals surface area (Å²) in [6.45, 7) is 1.55. The van der Waals surface area contributed by atoms with E-state index in [4.69, 9.17) is 16.6 Å². The molecule has 0 saturated carbocycles. The minimum absolute atomic E-state index is 0.0260. The standard InChI is InChI=1S/C22H23N5O3S/c1-25(2)12-13-26-21(20(24-22(26)31)17-8-3-4-11-23-17)19-10-9-18(30-19)15-6-5-7-16(14-15)27(28)29/h3-11,14,20-21H,12-13H2,1-2H3,(H,24,31). The molecular formula is C22H23N5O3S. The van der Waals surface area contributed by atoms with Gasteiger partial charge in [-0.1, -0.05) is 18.2 Å². The summed E-state index contributed by atoms with van der Waals surface area (Å²) < 4.78 is 6.22. The second-order valence-electron chi connectivity index (χ2n) is 7.63. The average molecular weight is 438 g/mol. The minimum atomic E-state index is -0.410. The van der Waals surface area contributed by atoms with Crippen LogP contribution in [0, 0.1) is 10.1 Å². The molecule has 3 aromatic rings. The number of nitrogens with zero attached hydrogens (tertiary/aromatic N) is 4. The second-order valence-corrected chi connectivity index (χ2v) is 8.02. The third-order valence-electron chi connectivity index (χ3n) is 5.25. The lowest BCUT2D eigenvalue weighted by Gasteiger charge is -2.27. The van der Waals surface area contributed by atoms with Gasteiger partial charge in [-0.15, -0.1) is 0 Å². The van der Waals surface area contributed by atoms with Gasteiger partial charge >= 0.3 is 0 Å². The van der Waals surface area contributed by atoms with Crippen LogP contribution < -0.4 is 5.32 Å². The number of nitrogens with one attached hydrogen (secondary N) is 1. The van der Waals surface area contributed by atoms with Crippen LogP contribution in [0.4, 0.5) is 5.69 Å². The first-order valence-corrected chi connectivity index (χ1v) is 10.3. The lowest BCUT2D eigenvalue weighted by molar-refractivity contribution is -0.384. The quantitative estimate of drug-likeness (QED) is 0.339. The van der Waals surface area contributed by atoms with Crippen molar-refractivity contribution in [3.63, 3.8) is 0 Å². The maximum atomic E-state index is 11.1. The van der Waals surface area contributed by atoms with E-state index in [1.165, 1.54) is 12.1 Å². The van der Waals surface area contributed by atoms with Crippen LogP contribution in [0.25, 0.3) is 11.3 Å². The Labute approximate surface area is 185 Å². The van der Waals surface area contributed by atoms with Crippen molar-refractivity contribution in [2.24, 2.45) is 0 Å². The van der Waals surface area contributed by atoms with Gasteiger partial charge in [-0.2, -0.15) is 0 Å². The van der Waals surface area contributed by atoms with E-state index in [-0.39, 0.29) is 17.8 Å². The van der Waals surface area contributed by atoms with Crippen LogP contribution in [0.3, 0.4) is 0 Å². The molecule has 0 bridgehead atoms. The van der Waals surface area contributed by atoms with Gasteiger partial charge in [0, 0.05) is 37.0 Å². The molecule has 0 radical (unpaired) electrons. The van der Waals surface area contributed by atoms with E-state index in [0.717, 1.165) is 24.5 Å². The summed E-state index contributed by atoms with van der Waals surface area (Å²) >= 11 is 5.64. The number of furan rings is 1. The van der Waals surface area contributed by atoms with Crippen LogP contribution in [0.2, 0.25) is 0 Å². The van der Waals surface area contributed by atoms with E-state index >= 15 is 0 Å². The molecule has 31 heavy (non-hydrogen) atoms.